The van der Waals surface area contributed by atoms with Gasteiger partial charge in [-0.05, 0) is 30.5 Å². The van der Waals surface area contributed by atoms with Gasteiger partial charge in [0.25, 0.3) is 0 Å². The summed E-state index contributed by atoms with van der Waals surface area (Å²) < 4.78 is 0. The Morgan fingerprint density at radius 3 is 2.56 bits per heavy atom. The Hall–Kier alpha value is -0.900. The van der Waals surface area contributed by atoms with Crippen LogP contribution in [0.25, 0.3) is 0 Å². The molecule has 0 radical (unpaired) electrons. The molecule has 0 spiro atoms. The van der Waals surface area contributed by atoms with Crippen LogP contribution in [0.5, 0.6) is 0 Å². The molecule has 0 saturated carbocycles. The minimum Gasteiger partial charge on any atom is -0.395 e. The molecule has 1 saturated heterocycles. The molecule has 1 aromatic rings. The van der Waals surface area contributed by atoms with Crippen molar-refractivity contribution in [3.8, 4) is 0 Å². The second-order valence-corrected chi connectivity index (χ2v) is 4.47. The fraction of sp³-hybridized carbons (Fsp3) is 0.538. The van der Waals surface area contributed by atoms with Crippen LogP contribution in [0.4, 0.5) is 0 Å². The van der Waals surface area contributed by atoms with E-state index < -0.39 is 0 Å². The van der Waals surface area contributed by atoms with Crippen LogP contribution in [0, 0.1) is 0 Å². The molecule has 1 atom stereocenters. The maximum absolute atomic E-state index is 9.24. The highest BCUT2D eigenvalue weighted by molar-refractivity contribution is 5.22. The van der Waals surface area contributed by atoms with Gasteiger partial charge >= 0.3 is 0 Å². The Bertz CT molecular complexity index is 323. The number of aliphatic hydroxyl groups excluding tert-OH is 1. The van der Waals surface area contributed by atoms with Gasteiger partial charge in [0.15, 0.2) is 0 Å². The number of hydrogen-bond donors (Lipinski definition) is 2. The summed E-state index contributed by atoms with van der Waals surface area (Å²) in [4.78, 5) is 2.36. The molecule has 1 aromatic carbocycles. The first kappa shape index (κ1) is 11.6. The fourth-order valence-electron chi connectivity index (χ4n) is 2.33. The normalized spacial score (nSPS) is 21.5. The van der Waals surface area contributed by atoms with Gasteiger partial charge in [0.2, 0.25) is 0 Å². The van der Waals surface area contributed by atoms with Gasteiger partial charge in [0, 0.05) is 19.1 Å². The van der Waals surface area contributed by atoms with Crippen LogP contribution in [0.15, 0.2) is 24.3 Å². The first-order chi connectivity index (χ1) is 7.83. The zero-order chi connectivity index (χ0) is 11.4. The average Bonchev–Trinajstić information content (AvgIpc) is 2.77. The molecule has 0 aliphatic carbocycles. The molecule has 0 unspecified atom stereocenters. The van der Waals surface area contributed by atoms with Gasteiger partial charge < -0.3 is 10.8 Å². The average molecular weight is 220 g/mol. The molecular formula is C13H20N2O. The van der Waals surface area contributed by atoms with Crippen LogP contribution in [0.2, 0.25) is 0 Å². The van der Waals surface area contributed by atoms with Crippen LogP contribution in [0.1, 0.15) is 24.0 Å². The predicted molar refractivity (Wildman–Crippen MR) is 64.9 cm³/mol. The topological polar surface area (TPSA) is 49.5 Å². The molecule has 2 rings (SSSR count). The van der Waals surface area contributed by atoms with E-state index in [9.17, 15) is 5.11 Å². The predicted octanol–water partition coefficient (Wildman–Crippen LogP) is 1.10. The van der Waals surface area contributed by atoms with Crippen molar-refractivity contribution in [2.24, 2.45) is 5.73 Å². The van der Waals surface area contributed by atoms with Crippen LogP contribution >= 0.6 is 0 Å². The Morgan fingerprint density at radius 1 is 1.25 bits per heavy atom. The molecule has 0 bridgehead atoms. The molecule has 16 heavy (non-hydrogen) atoms. The Labute approximate surface area is 96.9 Å². The van der Waals surface area contributed by atoms with Crippen LogP contribution in [0.3, 0.4) is 0 Å². The molecule has 88 valence electrons. The maximum Gasteiger partial charge on any atom is 0.0587 e. The monoisotopic (exact) mass is 220 g/mol. The standard InChI is InChI=1S/C13H20N2O/c14-8-11-3-5-12(6-4-11)9-15-7-1-2-13(15)10-16/h3-6,13,16H,1-2,7-10,14H2/t13-/m0/s1. The second-order valence-electron chi connectivity index (χ2n) is 4.47. The van der Waals surface area contributed by atoms with Crippen LogP contribution in [-0.2, 0) is 13.1 Å². The second kappa shape index (κ2) is 5.43. The van der Waals surface area contributed by atoms with E-state index in [0.717, 1.165) is 19.5 Å². The van der Waals surface area contributed by atoms with Crippen molar-refractivity contribution in [1.29, 1.82) is 0 Å². The summed E-state index contributed by atoms with van der Waals surface area (Å²) in [5, 5.41) is 9.24. The molecule has 3 nitrogen and oxygen atoms in total. The van der Waals surface area contributed by atoms with E-state index in [-0.39, 0.29) is 6.61 Å². The number of nitrogens with two attached hydrogens (primary N) is 1. The van der Waals surface area contributed by atoms with Crippen molar-refractivity contribution in [3.05, 3.63) is 35.4 Å². The molecule has 3 heteroatoms. The third-order valence-electron chi connectivity index (χ3n) is 3.35. The third kappa shape index (κ3) is 2.61. The van der Waals surface area contributed by atoms with Crippen molar-refractivity contribution in [1.82, 2.24) is 4.90 Å². The van der Waals surface area contributed by atoms with E-state index in [4.69, 9.17) is 5.73 Å². The van der Waals surface area contributed by atoms with Crippen molar-refractivity contribution < 1.29 is 5.11 Å². The summed E-state index contributed by atoms with van der Waals surface area (Å²) in [5.41, 5.74) is 8.04. The lowest BCUT2D eigenvalue weighted by Gasteiger charge is -2.22. The molecule has 0 amide bonds. The van der Waals surface area contributed by atoms with Gasteiger partial charge in [-0.3, -0.25) is 4.90 Å². The number of hydrogen-bond acceptors (Lipinski definition) is 3. The molecule has 1 aliphatic rings. The van der Waals surface area contributed by atoms with Crippen molar-refractivity contribution in [2.45, 2.75) is 32.0 Å². The lowest BCUT2D eigenvalue weighted by atomic mass is 10.1. The fourth-order valence-corrected chi connectivity index (χ4v) is 2.33. The number of rotatable bonds is 4. The first-order valence-corrected chi connectivity index (χ1v) is 5.96. The zero-order valence-electron chi connectivity index (χ0n) is 9.60. The summed E-state index contributed by atoms with van der Waals surface area (Å²) >= 11 is 0. The van der Waals surface area contributed by atoms with E-state index in [2.05, 4.69) is 29.2 Å². The molecule has 1 aliphatic heterocycles. The minimum absolute atomic E-state index is 0.279. The van der Waals surface area contributed by atoms with Crippen LogP contribution < -0.4 is 5.73 Å². The van der Waals surface area contributed by atoms with Crippen molar-refractivity contribution in [2.75, 3.05) is 13.2 Å². The molecule has 0 aromatic heterocycles. The summed E-state index contributed by atoms with van der Waals surface area (Å²) in [6, 6.07) is 8.79. The quantitative estimate of drug-likeness (QED) is 0.799. The molecule has 1 heterocycles. The van der Waals surface area contributed by atoms with Crippen molar-refractivity contribution >= 4 is 0 Å². The van der Waals surface area contributed by atoms with E-state index in [1.165, 1.54) is 17.5 Å². The summed E-state index contributed by atoms with van der Waals surface area (Å²) in [5.74, 6) is 0. The summed E-state index contributed by atoms with van der Waals surface area (Å²) in [6.45, 7) is 2.92. The Balaban J connectivity index is 1.97. The lowest BCUT2D eigenvalue weighted by Crippen LogP contribution is -2.31. The molecular weight excluding hydrogens is 200 g/mol. The minimum atomic E-state index is 0.279. The van der Waals surface area contributed by atoms with Gasteiger partial charge in [0.1, 0.15) is 0 Å². The highest BCUT2D eigenvalue weighted by Gasteiger charge is 2.23. The Kier molecular flexibility index (Phi) is 3.93. The highest BCUT2D eigenvalue weighted by Crippen LogP contribution is 2.19. The third-order valence-corrected chi connectivity index (χ3v) is 3.35. The summed E-state index contributed by atoms with van der Waals surface area (Å²) in [7, 11) is 0. The van der Waals surface area contributed by atoms with Crippen LogP contribution in [-0.4, -0.2) is 29.2 Å². The Morgan fingerprint density at radius 2 is 1.94 bits per heavy atom. The van der Waals surface area contributed by atoms with E-state index in [1.807, 2.05) is 0 Å². The van der Waals surface area contributed by atoms with Gasteiger partial charge in [-0.25, -0.2) is 0 Å². The lowest BCUT2D eigenvalue weighted by molar-refractivity contribution is 0.153. The molecule has 1 fully saturated rings. The van der Waals surface area contributed by atoms with Crippen molar-refractivity contribution in [3.63, 3.8) is 0 Å². The highest BCUT2D eigenvalue weighted by atomic mass is 16.3. The number of benzene rings is 1. The number of likely N-dealkylation sites (tertiary alicyclic amines) is 1. The summed E-state index contributed by atoms with van der Waals surface area (Å²) in [6.07, 6.45) is 2.32. The molecule has 3 N–H and O–H groups in total. The smallest absolute Gasteiger partial charge is 0.0587 e. The zero-order valence-corrected chi connectivity index (χ0v) is 9.60. The number of nitrogens with zero attached hydrogens (tertiary/aromatic N) is 1. The number of aliphatic hydroxyl groups is 1. The van der Waals surface area contributed by atoms with E-state index >= 15 is 0 Å². The SMILES string of the molecule is NCc1ccc(CN2CCC[C@H]2CO)cc1. The van der Waals surface area contributed by atoms with Gasteiger partial charge in [-0.2, -0.15) is 0 Å². The van der Waals surface area contributed by atoms with Gasteiger partial charge in [0.05, 0.1) is 6.61 Å². The van der Waals surface area contributed by atoms with E-state index in [1.54, 1.807) is 0 Å². The van der Waals surface area contributed by atoms with Gasteiger partial charge in [-0.1, -0.05) is 24.3 Å². The van der Waals surface area contributed by atoms with Gasteiger partial charge in [-0.15, -0.1) is 0 Å². The first-order valence-electron chi connectivity index (χ1n) is 5.96. The van der Waals surface area contributed by atoms with E-state index in [0.29, 0.717) is 12.6 Å². The largest absolute Gasteiger partial charge is 0.395 e. The maximum atomic E-state index is 9.24.